The van der Waals surface area contributed by atoms with Crippen molar-refractivity contribution in [3.05, 3.63) is 76.3 Å². The Labute approximate surface area is 226 Å². The summed E-state index contributed by atoms with van der Waals surface area (Å²) in [5.41, 5.74) is 1.38. The Morgan fingerprint density at radius 3 is 2.55 bits per heavy atom. The van der Waals surface area contributed by atoms with Crippen molar-refractivity contribution in [3.8, 4) is 11.5 Å². The quantitative estimate of drug-likeness (QED) is 0.286. The smallest absolute Gasteiger partial charge is 0.331 e. The van der Waals surface area contributed by atoms with E-state index in [0.717, 1.165) is 48.4 Å². The lowest BCUT2D eigenvalue weighted by atomic mass is 9.93. The van der Waals surface area contributed by atoms with Crippen molar-refractivity contribution in [2.45, 2.75) is 51.7 Å². The fraction of sp³-hybridized carbons (Fsp3) is 0.300. The van der Waals surface area contributed by atoms with E-state index >= 15 is 0 Å². The lowest BCUT2D eigenvalue weighted by Crippen LogP contribution is -2.58. The van der Waals surface area contributed by atoms with Gasteiger partial charge in [-0.05, 0) is 59.9 Å². The summed E-state index contributed by atoms with van der Waals surface area (Å²) in [5, 5.41) is 4.80. The van der Waals surface area contributed by atoms with Crippen LogP contribution in [0.5, 0.6) is 11.5 Å². The fourth-order valence-electron chi connectivity index (χ4n) is 5.15. The molecule has 1 aliphatic carbocycles. The molecule has 0 unspecified atom stereocenters. The van der Waals surface area contributed by atoms with Crippen LogP contribution in [0.3, 0.4) is 0 Å². The molecule has 38 heavy (non-hydrogen) atoms. The molecule has 0 aromatic heterocycles. The zero-order valence-electron chi connectivity index (χ0n) is 21.2. The number of ether oxygens (including phenoxy) is 2. The van der Waals surface area contributed by atoms with Gasteiger partial charge in [0.2, 0.25) is 0 Å². The van der Waals surface area contributed by atoms with E-state index in [-0.39, 0.29) is 23.2 Å². The van der Waals surface area contributed by atoms with Gasteiger partial charge in [0, 0.05) is 6.04 Å². The molecule has 1 heterocycles. The van der Waals surface area contributed by atoms with Gasteiger partial charge in [0.05, 0.1) is 11.6 Å². The third-order valence-corrected chi connectivity index (χ3v) is 7.25. The first kappa shape index (κ1) is 25.8. The number of barbiturate groups is 1. The highest BCUT2D eigenvalue weighted by Gasteiger charge is 2.40. The second kappa shape index (κ2) is 11.3. The maximum absolute atomic E-state index is 13.3. The van der Waals surface area contributed by atoms with Crippen LogP contribution in [-0.2, 0) is 16.2 Å². The average Bonchev–Trinajstić information content (AvgIpc) is 2.91. The molecule has 1 aliphatic heterocycles. The predicted molar refractivity (Wildman–Crippen MR) is 146 cm³/mol. The van der Waals surface area contributed by atoms with Gasteiger partial charge in [-0.15, -0.1) is 0 Å². The zero-order valence-corrected chi connectivity index (χ0v) is 21.9. The zero-order chi connectivity index (χ0) is 26.6. The number of benzene rings is 3. The predicted octanol–water partition coefficient (Wildman–Crippen LogP) is 6.27. The third kappa shape index (κ3) is 5.24. The van der Waals surface area contributed by atoms with Crippen LogP contribution < -0.4 is 14.8 Å². The van der Waals surface area contributed by atoms with Crippen LogP contribution in [0, 0.1) is 0 Å². The van der Waals surface area contributed by atoms with E-state index in [2.05, 4.69) is 5.32 Å². The summed E-state index contributed by atoms with van der Waals surface area (Å²) in [7, 11) is 0. The largest absolute Gasteiger partial charge is 0.490 e. The topological polar surface area (TPSA) is 84.9 Å². The van der Waals surface area contributed by atoms with Gasteiger partial charge in [0.1, 0.15) is 12.2 Å². The molecule has 2 fully saturated rings. The van der Waals surface area contributed by atoms with Gasteiger partial charge in [-0.25, -0.2) is 4.79 Å². The summed E-state index contributed by atoms with van der Waals surface area (Å²) >= 11 is 6.63. The van der Waals surface area contributed by atoms with E-state index in [1.807, 2.05) is 49.4 Å². The molecule has 5 rings (SSSR count). The normalized spacial score (nSPS) is 17.7. The highest BCUT2D eigenvalue weighted by Crippen LogP contribution is 2.38. The molecule has 3 aromatic carbocycles. The number of imide groups is 2. The van der Waals surface area contributed by atoms with E-state index in [4.69, 9.17) is 21.1 Å². The van der Waals surface area contributed by atoms with E-state index in [1.165, 1.54) is 11.0 Å². The molecule has 196 valence electrons. The van der Waals surface area contributed by atoms with Gasteiger partial charge in [0.25, 0.3) is 11.8 Å². The molecule has 0 spiro atoms. The van der Waals surface area contributed by atoms with Crippen LogP contribution in [0.15, 0.2) is 60.2 Å². The molecule has 1 N–H and O–H groups in total. The van der Waals surface area contributed by atoms with Crippen molar-refractivity contribution in [1.29, 1.82) is 0 Å². The second-order valence-corrected chi connectivity index (χ2v) is 9.88. The Morgan fingerprint density at radius 2 is 1.76 bits per heavy atom. The van der Waals surface area contributed by atoms with E-state index in [1.54, 1.807) is 12.1 Å². The van der Waals surface area contributed by atoms with E-state index in [0.29, 0.717) is 23.7 Å². The van der Waals surface area contributed by atoms with E-state index < -0.39 is 17.8 Å². The summed E-state index contributed by atoms with van der Waals surface area (Å²) < 4.78 is 12.0. The number of hydrogen-bond donors (Lipinski definition) is 1. The Bertz CT molecular complexity index is 1420. The molecule has 4 amide bonds. The number of carbonyl (C=O) groups is 3. The number of fused-ring (bicyclic) bond motifs is 1. The molecule has 1 saturated heterocycles. The van der Waals surface area contributed by atoms with Crippen LogP contribution in [-0.4, -0.2) is 35.4 Å². The maximum Gasteiger partial charge on any atom is 0.331 e. The van der Waals surface area contributed by atoms with Crippen molar-refractivity contribution < 1.29 is 23.9 Å². The van der Waals surface area contributed by atoms with Gasteiger partial charge >= 0.3 is 6.03 Å². The van der Waals surface area contributed by atoms with Crippen molar-refractivity contribution in [3.63, 3.8) is 0 Å². The van der Waals surface area contributed by atoms with Crippen LogP contribution in [0.2, 0.25) is 5.02 Å². The number of amides is 4. The van der Waals surface area contributed by atoms with Gasteiger partial charge in [-0.1, -0.05) is 73.3 Å². The van der Waals surface area contributed by atoms with Crippen molar-refractivity contribution in [2.75, 3.05) is 6.61 Å². The minimum Gasteiger partial charge on any atom is -0.490 e. The summed E-state index contributed by atoms with van der Waals surface area (Å²) in [6, 6.07) is 16.5. The average molecular weight is 533 g/mol. The second-order valence-electron chi connectivity index (χ2n) is 9.47. The molecular formula is C30H29ClN2O5. The first-order valence-corrected chi connectivity index (χ1v) is 13.3. The Morgan fingerprint density at radius 1 is 1.00 bits per heavy atom. The molecule has 1 saturated carbocycles. The van der Waals surface area contributed by atoms with Crippen LogP contribution >= 0.6 is 11.6 Å². The minimum absolute atomic E-state index is 0.113. The van der Waals surface area contributed by atoms with Gasteiger partial charge < -0.3 is 9.47 Å². The standard InChI is InChI=1S/C30H29ClN2O5/c1-2-37-26-17-19(15-24-28(34)32-30(36)33(29(24)35)22-12-4-3-5-13-22)16-25(31)27(26)38-18-21-11-8-10-20-9-6-7-14-23(20)21/h6-11,14-17,22H,2-5,12-13,18H2,1H3,(H,32,34,36). The fourth-order valence-corrected chi connectivity index (χ4v) is 5.42. The number of urea groups is 1. The third-order valence-electron chi connectivity index (χ3n) is 6.97. The molecular weight excluding hydrogens is 504 g/mol. The van der Waals surface area contributed by atoms with Gasteiger partial charge in [-0.2, -0.15) is 0 Å². The molecule has 0 atom stereocenters. The minimum atomic E-state index is -0.725. The number of nitrogens with one attached hydrogen (secondary N) is 1. The number of carbonyl (C=O) groups excluding carboxylic acids is 3. The van der Waals surface area contributed by atoms with Gasteiger partial charge in [0.15, 0.2) is 11.5 Å². The molecule has 0 radical (unpaired) electrons. The van der Waals surface area contributed by atoms with Crippen LogP contribution in [0.25, 0.3) is 16.8 Å². The SMILES string of the molecule is CCOc1cc(C=C2C(=O)NC(=O)N(C3CCCCC3)C2=O)cc(Cl)c1OCc1cccc2ccccc12. The number of hydrogen-bond acceptors (Lipinski definition) is 5. The molecule has 2 aliphatic rings. The summed E-state index contributed by atoms with van der Waals surface area (Å²) in [6.45, 7) is 2.49. The first-order valence-electron chi connectivity index (χ1n) is 12.9. The monoisotopic (exact) mass is 532 g/mol. The van der Waals surface area contributed by atoms with Crippen LogP contribution in [0.4, 0.5) is 4.79 Å². The summed E-state index contributed by atoms with van der Waals surface area (Å²) in [5.74, 6) is -0.536. The highest BCUT2D eigenvalue weighted by molar-refractivity contribution is 6.33. The highest BCUT2D eigenvalue weighted by atomic mass is 35.5. The summed E-state index contributed by atoms with van der Waals surface area (Å²) in [6.07, 6.45) is 5.90. The van der Waals surface area contributed by atoms with E-state index in [9.17, 15) is 14.4 Å². The number of nitrogens with zero attached hydrogens (tertiary/aromatic N) is 1. The number of rotatable bonds is 7. The van der Waals surface area contributed by atoms with Crippen molar-refractivity contribution >= 4 is 46.3 Å². The first-order chi connectivity index (χ1) is 18.5. The molecule has 0 bridgehead atoms. The van der Waals surface area contributed by atoms with Crippen molar-refractivity contribution in [2.24, 2.45) is 0 Å². The Kier molecular flexibility index (Phi) is 7.65. The maximum atomic E-state index is 13.3. The Balaban J connectivity index is 1.43. The van der Waals surface area contributed by atoms with Crippen molar-refractivity contribution in [1.82, 2.24) is 10.2 Å². The lowest BCUT2D eigenvalue weighted by molar-refractivity contribution is -0.132. The number of halogens is 1. The molecule has 7 nitrogen and oxygen atoms in total. The molecule has 3 aromatic rings. The van der Waals surface area contributed by atoms with Gasteiger partial charge in [-0.3, -0.25) is 19.8 Å². The Hall–Kier alpha value is -3.84. The molecule has 8 heteroatoms. The van der Waals surface area contributed by atoms with Crippen LogP contribution in [0.1, 0.15) is 50.2 Å². The lowest BCUT2D eigenvalue weighted by Gasteiger charge is -2.35. The summed E-state index contributed by atoms with van der Waals surface area (Å²) in [4.78, 5) is 39.6.